The van der Waals surface area contributed by atoms with Gasteiger partial charge in [-0.25, -0.2) is 4.79 Å². The normalized spacial score (nSPS) is 18.6. The van der Waals surface area contributed by atoms with Gasteiger partial charge in [-0.3, -0.25) is 14.5 Å². The molecule has 1 saturated heterocycles. The van der Waals surface area contributed by atoms with Gasteiger partial charge in [0.15, 0.2) is 5.78 Å². The number of amides is 1. The van der Waals surface area contributed by atoms with Gasteiger partial charge in [-0.1, -0.05) is 61.0 Å². The second kappa shape index (κ2) is 12.3. The standard InChI is InChI=1S/C20H33Cl3N2O5/c1-5-6-7-8-14(11-16(26)29-13-20(21,22)23)17(27)15-12-24-9-10-25(15)18(28)30-19(2,3)4/h14-15,24H,5-13H2,1-4H3/t14-,15-/m0/s1. The van der Waals surface area contributed by atoms with Crippen LogP contribution in [-0.4, -0.2) is 64.4 Å². The Labute approximate surface area is 194 Å². The summed E-state index contributed by atoms with van der Waals surface area (Å²) in [6.07, 6.45) is 2.57. The zero-order chi connectivity index (χ0) is 22.9. The number of rotatable bonds is 9. The summed E-state index contributed by atoms with van der Waals surface area (Å²) in [6.45, 7) is 8.22. The minimum atomic E-state index is -1.71. The summed E-state index contributed by atoms with van der Waals surface area (Å²) in [5.74, 6) is -1.38. The van der Waals surface area contributed by atoms with Crippen molar-refractivity contribution in [3.8, 4) is 0 Å². The molecule has 30 heavy (non-hydrogen) atoms. The number of halogens is 3. The average molecular weight is 488 g/mol. The van der Waals surface area contributed by atoms with Crippen molar-refractivity contribution in [1.82, 2.24) is 10.2 Å². The number of esters is 1. The molecule has 0 spiro atoms. The Morgan fingerprint density at radius 1 is 1.17 bits per heavy atom. The van der Waals surface area contributed by atoms with Crippen molar-refractivity contribution in [2.45, 2.75) is 75.2 Å². The fourth-order valence-corrected chi connectivity index (χ4v) is 3.34. The zero-order valence-electron chi connectivity index (χ0n) is 18.1. The van der Waals surface area contributed by atoms with Crippen molar-refractivity contribution in [2.75, 3.05) is 26.2 Å². The molecule has 0 saturated carbocycles. The highest BCUT2D eigenvalue weighted by Gasteiger charge is 2.38. The lowest BCUT2D eigenvalue weighted by atomic mass is 9.88. The molecule has 1 fully saturated rings. The number of carbonyl (C=O) groups excluding carboxylic acids is 3. The minimum absolute atomic E-state index is 0.123. The van der Waals surface area contributed by atoms with Crippen LogP contribution in [0, 0.1) is 5.92 Å². The van der Waals surface area contributed by atoms with Crippen molar-refractivity contribution in [1.29, 1.82) is 0 Å². The third kappa shape index (κ3) is 10.5. The maximum atomic E-state index is 13.3. The summed E-state index contributed by atoms with van der Waals surface area (Å²) < 4.78 is 8.77. The summed E-state index contributed by atoms with van der Waals surface area (Å²) >= 11 is 16.9. The highest BCUT2D eigenvalue weighted by atomic mass is 35.6. The van der Waals surface area contributed by atoms with Crippen LogP contribution >= 0.6 is 34.8 Å². The number of ketones is 1. The quantitative estimate of drug-likeness (QED) is 0.297. The topological polar surface area (TPSA) is 84.9 Å². The highest BCUT2D eigenvalue weighted by molar-refractivity contribution is 6.67. The molecule has 0 aromatic rings. The number of hydrogen-bond acceptors (Lipinski definition) is 6. The molecule has 2 atom stereocenters. The predicted molar refractivity (Wildman–Crippen MR) is 118 cm³/mol. The lowest BCUT2D eigenvalue weighted by Gasteiger charge is -2.37. The van der Waals surface area contributed by atoms with Crippen LogP contribution < -0.4 is 5.32 Å². The fourth-order valence-electron chi connectivity index (χ4n) is 3.18. The van der Waals surface area contributed by atoms with Crippen LogP contribution in [0.5, 0.6) is 0 Å². The number of unbranched alkanes of at least 4 members (excludes halogenated alkanes) is 2. The van der Waals surface area contributed by atoms with Gasteiger partial charge in [-0.2, -0.15) is 0 Å². The van der Waals surface area contributed by atoms with E-state index in [2.05, 4.69) is 12.2 Å². The van der Waals surface area contributed by atoms with Crippen LogP contribution in [0.4, 0.5) is 4.79 Å². The van der Waals surface area contributed by atoms with Crippen molar-refractivity contribution in [2.24, 2.45) is 5.92 Å². The summed E-state index contributed by atoms with van der Waals surface area (Å²) in [5, 5.41) is 3.15. The van der Waals surface area contributed by atoms with Crippen LogP contribution in [-0.2, 0) is 19.1 Å². The van der Waals surface area contributed by atoms with Gasteiger partial charge in [-0.15, -0.1) is 0 Å². The molecule has 0 bridgehead atoms. The molecule has 174 valence electrons. The number of nitrogens with one attached hydrogen (secondary N) is 1. The Balaban J connectivity index is 2.90. The Morgan fingerprint density at radius 3 is 2.40 bits per heavy atom. The third-order valence-electron chi connectivity index (χ3n) is 4.57. The number of hydrogen-bond donors (Lipinski definition) is 1. The number of ether oxygens (including phenoxy) is 2. The lowest BCUT2D eigenvalue weighted by molar-refractivity contribution is -0.147. The molecule has 0 unspecified atom stereocenters. The van der Waals surface area contributed by atoms with E-state index in [-0.39, 0.29) is 18.8 Å². The van der Waals surface area contributed by atoms with E-state index in [1.807, 2.05) is 0 Å². The second-order valence-electron chi connectivity index (χ2n) is 8.47. The van der Waals surface area contributed by atoms with Gasteiger partial charge in [0.05, 0.1) is 6.42 Å². The minimum Gasteiger partial charge on any atom is -0.461 e. The van der Waals surface area contributed by atoms with Crippen LogP contribution in [0.25, 0.3) is 0 Å². The molecule has 1 aliphatic rings. The summed E-state index contributed by atoms with van der Waals surface area (Å²) in [6, 6.07) is -0.707. The van der Waals surface area contributed by atoms with E-state index in [0.717, 1.165) is 19.3 Å². The molecule has 0 aliphatic carbocycles. The van der Waals surface area contributed by atoms with E-state index in [1.165, 1.54) is 4.90 Å². The molecule has 0 aromatic heterocycles. The van der Waals surface area contributed by atoms with E-state index in [4.69, 9.17) is 44.3 Å². The number of piperazine rings is 1. The summed E-state index contributed by atoms with van der Waals surface area (Å²) in [7, 11) is 0. The molecule has 0 radical (unpaired) electrons. The van der Waals surface area contributed by atoms with Crippen molar-refractivity contribution in [3.63, 3.8) is 0 Å². The van der Waals surface area contributed by atoms with Gasteiger partial charge in [0.2, 0.25) is 3.79 Å². The van der Waals surface area contributed by atoms with Crippen molar-refractivity contribution >= 4 is 52.6 Å². The number of alkyl halides is 3. The maximum absolute atomic E-state index is 13.3. The average Bonchev–Trinajstić information content (AvgIpc) is 2.63. The third-order valence-corrected chi connectivity index (χ3v) is 4.90. The number of nitrogens with zero attached hydrogens (tertiary/aromatic N) is 1. The molecular formula is C20H33Cl3N2O5. The van der Waals surface area contributed by atoms with E-state index < -0.39 is 33.4 Å². The summed E-state index contributed by atoms with van der Waals surface area (Å²) in [5.41, 5.74) is -0.670. The van der Waals surface area contributed by atoms with E-state index in [1.54, 1.807) is 20.8 Å². The van der Waals surface area contributed by atoms with Gasteiger partial charge >= 0.3 is 12.1 Å². The SMILES string of the molecule is CCCCC[C@@H](CC(=O)OCC(Cl)(Cl)Cl)C(=O)[C@@H]1CNCCN1C(=O)OC(C)(C)C. The molecular weight excluding hydrogens is 455 g/mol. The van der Waals surface area contributed by atoms with Crippen molar-refractivity contribution in [3.05, 3.63) is 0 Å². The molecule has 1 amide bonds. The second-order valence-corrected chi connectivity index (χ2v) is 11.0. The molecule has 1 rings (SSSR count). The van der Waals surface area contributed by atoms with Gasteiger partial charge in [0.25, 0.3) is 0 Å². The van der Waals surface area contributed by atoms with Crippen LogP contribution in [0.2, 0.25) is 0 Å². The Morgan fingerprint density at radius 2 is 1.83 bits per heavy atom. The van der Waals surface area contributed by atoms with E-state index in [0.29, 0.717) is 26.1 Å². The Hall–Kier alpha value is -0.760. The molecule has 1 aliphatic heterocycles. The van der Waals surface area contributed by atoms with Gasteiger partial charge in [0.1, 0.15) is 18.2 Å². The molecule has 0 aromatic carbocycles. The monoisotopic (exact) mass is 486 g/mol. The first-order valence-electron chi connectivity index (χ1n) is 10.3. The van der Waals surface area contributed by atoms with Gasteiger partial charge < -0.3 is 14.8 Å². The Kier molecular flexibility index (Phi) is 11.2. The first-order valence-corrected chi connectivity index (χ1v) is 11.4. The smallest absolute Gasteiger partial charge is 0.410 e. The zero-order valence-corrected chi connectivity index (χ0v) is 20.4. The first kappa shape index (κ1) is 27.3. The van der Waals surface area contributed by atoms with Crippen molar-refractivity contribution < 1.29 is 23.9 Å². The Bertz CT molecular complexity index is 590. The number of carbonyl (C=O) groups is 3. The molecule has 1 heterocycles. The van der Waals surface area contributed by atoms with Crippen LogP contribution in [0.1, 0.15) is 59.8 Å². The molecule has 1 N–H and O–H groups in total. The molecule has 7 nitrogen and oxygen atoms in total. The van der Waals surface area contributed by atoms with Gasteiger partial charge in [-0.05, 0) is 27.2 Å². The number of Topliss-reactive ketones (excluding diaryl/α,β-unsaturated/α-hetero) is 1. The predicted octanol–water partition coefficient (Wildman–Crippen LogP) is 4.26. The maximum Gasteiger partial charge on any atom is 0.410 e. The van der Waals surface area contributed by atoms with Crippen LogP contribution in [0.15, 0.2) is 0 Å². The van der Waals surface area contributed by atoms with E-state index >= 15 is 0 Å². The summed E-state index contributed by atoms with van der Waals surface area (Å²) in [4.78, 5) is 39.7. The van der Waals surface area contributed by atoms with Gasteiger partial charge in [0, 0.05) is 25.6 Å². The lowest BCUT2D eigenvalue weighted by Crippen LogP contribution is -2.59. The highest BCUT2D eigenvalue weighted by Crippen LogP contribution is 2.27. The first-order chi connectivity index (χ1) is 13.8. The molecule has 10 heteroatoms. The van der Waals surface area contributed by atoms with E-state index in [9.17, 15) is 14.4 Å². The van der Waals surface area contributed by atoms with Crippen LogP contribution in [0.3, 0.4) is 0 Å². The fraction of sp³-hybridized carbons (Fsp3) is 0.850. The largest absolute Gasteiger partial charge is 0.461 e.